The standard InChI is InChI=1S/C13H23NO5S/c1-12(2,3)19-11(15)14-8-10(20(16,17)18)13(9-14)6-4-5-7-13/h10H,4-9H2,1-3H3,(H,16,17,18). The van der Waals surface area contributed by atoms with Gasteiger partial charge in [-0.1, -0.05) is 12.8 Å². The van der Waals surface area contributed by atoms with E-state index in [1.807, 2.05) is 0 Å². The average molecular weight is 305 g/mol. The first-order valence-corrected chi connectivity index (χ1v) is 8.48. The van der Waals surface area contributed by atoms with Crippen LogP contribution in [0.4, 0.5) is 4.79 Å². The number of carbonyl (C=O) groups excluding carboxylic acids is 1. The maximum atomic E-state index is 12.1. The third-order valence-corrected chi connectivity index (χ3v) is 5.55. The second kappa shape index (κ2) is 4.87. The highest BCUT2D eigenvalue weighted by atomic mass is 32.2. The summed E-state index contributed by atoms with van der Waals surface area (Å²) in [6, 6.07) is 0. The number of likely N-dealkylation sites (tertiary alicyclic amines) is 1. The van der Waals surface area contributed by atoms with Crippen LogP contribution < -0.4 is 0 Å². The van der Waals surface area contributed by atoms with Gasteiger partial charge in [0, 0.05) is 18.5 Å². The molecule has 1 atom stereocenters. The number of carbonyl (C=O) groups is 1. The van der Waals surface area contributed by atoms with Crippen LogP contribution in [-0.2, 0) is 14.9 Å². The van der Waals surface area contributed by atoms with E-state index in [4.69, 9.17) is 4.74 Å². The van der Waals surface area contributed by atoms with E-state index in [1.54, 1.807) is 20.8 Å². The molecule has 1 aliphatic carbocycles. The number of rotatable bonds is 1. The van der Waals surface area contributed by atoms with Crippen molar-refractivity contribution >= 4 is 16.2 Å². The highest BCUT2D eigenvalue weighted by molar-refractivity contribution is 7.86. The molecule has 1 unspecified atom stereocenters. The molecule has 0 aromatic rings. The monoisotopic (exact) mass is 305 g/mol. The summed E-state index contributed by atoms with van der Waals surface area (Å²) in [6.45, 7) is 5.69. The molecular weight excluding hydrogens is 282 g/mol. The van der Waals surface area contributed by atoms with Crippen molar-refractivity contribution in [3.05, 3.63) is 0 Å². The minimum absolute atomic E-state index is 0.0216. The summed E-state index contributed by atoms with van der Waals surface area (Å²) in [4.78, 5) is 13.5. The fourth-order valence-electron chi connectivity index (χ4n) is 3.38. The Morgan fingerprint density at radius 1 is 1.30 bits per heavy atom. The molecule has 1 spiro atoms. The van der Waals surface area contributed by atoms with Gasteiger partial charge in [0.15, 0.2) is 0 Å². The van der Waals surface area contributed by atoms with Gasteiger partial charge in [-0.15, -0.1) is 0 Å². The van der Waals surface area contributed by atoms with Crippen LogP contribution in [0, 0.1) is 5.41 Å². The largest absolute Gasteiger partial charge is 0.444 e. The summed E-state index contributed by atoms with van der Waals surface area (Å²) in [6.07, 6.45) is 2.84. The van der Waals surface area contributed by atoms with Gasteiger partial charge in [-0.2, -0.15) is 8.42 Å². The molecule has 20 heavy (non-hydrogen) atoms. The van der Waals surface area contributed by atoms with Gasteiger partial charge < -0.3 is 9.64 Å². The van der Waals surface area contributed by atoms with Crippen LogP contribution in [0.2, 0.25) is 0 Å². The van der Waals surface area contributed by atoms with Gasteiger partial charge in [0.05, 0.1) is 0 Å². The molecule has 2 rings (SSSR count). The summed E-state index contributed by atoms with van der Waals surface area (Å²) in [7, 11) is -4.15. The van der Waals surface area contributed by atoms with E-state index in [1.165, 1.54) is 4.90 Å². The molecule has 1 N–H and O–H groups in total. The summed E-state index contributed by atoms with van der Waals surface area (Å²) in [5.74, 6) is 0. The number of hydrogen-bond donors (Lipinski definition) is 1. The number of hydrogen-bond acceptors (Lipinski definition) is 4. The fraction of sp³-hybridized carbons (Fsp3) is 0.923. The molecule has 1 heterocycles. The van der Waals surface area contributed by atoms with Crippen molar-refractivity contribution in [3.63, 3.8) is 0 Å². The highest BCUT2D eigenvalue weighted by Crippen LogP contribution is 2.48. The van der Waals surface area contributed by atoms with Crippen molar-refractivity contribution in [1.82, 2.24) is 4.90 Å². The Balaban J connectivity index is 2.19. The molecule has 2 aliphatic rings. The smallest absolute Gasteiger partial charge is 0.410 e. The van der Waals surface area contributed by atoms with Gasteiger partial charge in [0.2, 0.25) is 0 Å². The molecule has 0 bridgehead atoms. The van der Waals surface area contributed by atoms with Crippen LogP contribution in [0.1, 0.15) is 46.5 Å². The maximum absolute atomic E-state index is 12.1. The third-order valence-electron chi connectivity index (χ3n) is 4.19. The molecule has 116 valence electrons. The van der Waals surface area contributed by atoms with Crippen molar-refractivity contribution in [2.24, 2.45) is 5.41 Å². The van der Waals surface area contributed by atoms with E-state index >= 15 is 0 Å². The van der Waals surface area contributed by atoms with Gasteiger partial charge in [0.25, 0.3) is 10.1 Å². The number of ether oxygens (including phenoxy) is 1. The van der Waals surface area contributed by atoms with Crippen LogP contribution in [0.15, 0.2) is 0 Å². The minimum atomic E-state index is -4.15. The normalized spacial score (nSPS) is 26.2. The predicted octanol–water partition coefficient (Wildman–Crippen LogP) is 2.05. The zero-order valence-electron chi connectivity index (χ0n) is 12.3. The Bertz CT molecular complexity index is 487. The molecule has 7 heteroatoms. The zero-order chi connectivity index (χ0) is 15.2. The summed E-state index contributed by atoms with van der Waals surface area (Å²) >= 11 is 0. The van der Waals surface area contributed by atoms with Gasteiger partial charge in [-0.25, -0.2) is 4.79 Å². The van der Waals surface area contributed by atoms with E-state index in [9.17, 15) is 17.8 Å². The Morgan fingerprint density at radius 2 is 1.85 bits per heavy atom. The van der Waals surface area contributed by atoms with Crippen LogP contribution in [0.5, 0.6) is 0 Å². The molecule has 0 aromatic carbocycles. The van der Waals surface area contributed by atoms with Crippen LogP contribution >= 0.6 is 0 Å². The topological polar surface area (TPSA) is 83.9 Å². The highest BCUT2D eigenvalue weighted by Gasteiger charge is 2.55. The van der Waals surface area contributed by atoms with E-state index in [2.05, 4.69) is 0 Å². The molecule has 1 amide bonds. The first-order valence-electron chi connectivity index (χ1n) is 6.98. The Morgan fingerprint density at radius 3 is 2.30 bits per heavy atom. The SMILES string of the molecule is CC(C)(C)OC(=O)N1CC(S(=O)(=O)O)C2(CCCC2)C1. The molecular formula is C13H23NO5S. The second-order valence-corrected chi connectivity index (χ2v) is 8.53. The quantitative estimate of drug-likeness (QED) is 0.750. The van der Waals surface area contributed by atoms with Crippen molar-refractivity contribution in [1.29, 1.82) is 0 Å². The van der Waals surface area contributed by atoms with E-state index in [-0.39, 0.29) is 6.54 Å². The van der Waals surface area contributed by atoms with Crippen molar-refractivity contribution in [2.75, 3.05) is 13.1 Å². The lowest BCUT2D eigenvalue weighted by atomic mass is 9.85. The van der Waals surface area contributed by atoms with Gasteiger partial charge in [-0.3, -0.25) is 4.55 Å². The predicted molar refractivity (Wildman–Crippen MR) is 74.0 cm³/mol. The summed E-state index contributed by atoms with van der Waals surface area (Å²) < 4.78 is 38.0. The van der Waals surface area contributed by atoms with E-state index in [0.29, 0.717) is 6.54 Å². The average Bonchev–Trinajstić information content (AvgIpc) is 2.83. The number of amides is 1. The van der Waals surface area contributed by atoms with Gasteiger partial charge >= 0.3 is 6.09 Å². The molecule has 1 saturated heterocycles. The van der Waals surface area contributed by atoms with E-state index < -0.39 is 32.5 Å². The Kier molecular flexibility index (Phi) is 3.79. The third kappa shape index (κ3) is 3.09. The second-order valence-electron chi connectivity index (χ2n) is 6.93. The minimum Gasteiger partial charge on any atom is -0.444 e. The molecule has 1 aliphatic heterocycles. The van der Waals surface area contributed by atoms with Crippen molar-refractivity contribution < 1.29 is 22.5 Å². The molecule has 0 aromatic heterocycles. The first-order chi connectivity index (χ1) is 9.04. The number of nitrogens with zero attached hydrogens (tertiary/aromatic N) is 1. The van der Waals surface area contributed by atoms with Crippen LogP contribution in [0.3, 0.4) is 0 Å². The molecule has 6 nitrogen and oxygen atoms in total. The fourth-order valence-corrected chi connectivity index (χ4v) is 4.69. The lowest BCUT2D eigenvalue weighted by Gasteiger charge is -2.28. The van der Waals surface area contributed by atoms with Gasteiger partial charge in [-0.05, 0) is 33.6 Å². The van der Waals surface area contributed by atoms with Crippen LogP contribution in [0.25, 0.3) is 0 Å². The Hall–Kier alpha value is -0.820. The lowest BCUT2D eigenvalue weighted by Crippen LogP contribution is -2.37. The first kappa shape index (κ1) is 15.6. The van der Waals surface area contributed by atoms with E-state index in [0.717, 1.165) is 25.7 Å². The molecule has 0 radical (unpaired) electrons. The molecule has 2 fully saturated rings. The maximum Gasteiger partial charge on any atom is 0.410 e. The van der Waals surface area contributed by atoms with Gasteiger partial charge in [0.1, 0.15) is 10.9 Å². The summed E-state index contributed by atoms with van der Waals surface area (Å²) in [5, 5.41) is -0.884. The van der Waals surface area contributed by atoms with Crippen LogP contribution in [-0.4, -0.2) is 47.9 Å². The Labute approximate surface area is 120 Å². The lowest BCUT2D eigenvalue weighted by molar-refractivity contribution is 0.0273. The zero-order valence-corrected chi connectivity index (χ0v) is 13.1. The van der Waals surface area contributed by atoms with Crippen molar-refractivity contribution in [3.8, 4) is 0 Å². The molecule has 1 saturated carbocycles. The summed E-state index contributed by atoms with van der Waals surface area (Å²) in [5.41, 5.74) is -1.11. The van der Waals surface area contributed by atoms with Crippen molar-refractivity contribution in [2.45, 2.75) is 57.3 Å².